The molecule has 1 atom stereocenters. The third-order valence-corrected chi connectivity index (χ3v) is 5.56. The SMILES string of the molecule is CC[C@H](Cn1ccnc1)NC(=O)CCS(=O)(=O)c1ccc(C)cc1. The lowest BCUT2D eigenvalue weighted by Gasteiger charge is -2.17. The number of sulfone groups is 1. The predicted octanol–water partition coefficient (Wildman–Crippen LogP) is 1.95. The van der Waals surface area contributed by atoms with Crippen molar-refractivity contribution in [1.29, 1.82) is 0 Å². The summed E-state index contributed by atoms with van der Waals surface area (Å²) in [6.07, 6.45) is 5.92. The molecule has 0 aliphatic carbocycles. The minimum atomic E-state index is -3.44. The molecule has 24 heavy (non-hydrogen) atoms. The molecule has 0 bridgehead atoms. The first-order valence-corrected chi connectivity index (χ1v) is 9.60. The monoisotopic (exact) mass is 349 g/mol. The summed E-state index contributed by atoms with van der Waals surface area (Å²) in [4.78, 5) is 16.3. The van der Waals surface area contributed by atoms with Gasteiger partial charge in [0.15, 0.2) is 9.84 Å². The first kappa shape index (κ1) is 18.2. The summed E-state index contributed by atoms with van der Waals surface area (Å²) >= 11 is 0. The van der Waals surface area contributed by atoms with Crippen molar-refractivity contribution < 1.29 is 13.2 Å². The second-order valence-electron chi connectivity index (χ2n) is 5.81. The van der Waals surface area contributed by atoms with E-state index in [-0.39, 0.29) is 29.0 Å². The Kier molecular flexibility index (Phi) is 6.14. The number of hydrogen-bond donors (Lipinski definition) is 1. The maximum Gasteiger partial charge on any atom is 0.221 e. The molecule has 0 aliphatic heterocycles. The average molecular weight is 349 g/mol. The molecule has 0 aliphatic rings. The number of carbonyl (C=O) groups is 1. The van der Waals surface area contributed by atoms with Crippen LogP contribution in [-0.2, 0) is 21.2 Å². The van der Waals surface area contributed by atoms with Crippen molar-refractivity contribution in [3.8, 4) is 0 Å². The van der Waals surface area contributed by atoms with Crippen molar-refractivity contribution >= 4 is 15.7 Å². The highest BCUT2D eigenvalue weighted by atomic mass is 32.2. The lowest BCUT2D eigenvalue weighted by Crippen LogP contribution is -2.38. The second-order valence-corrected chi connectivity index (χ2v) is 7.92. The highest BCUT2D eigenvalue weighted by Crippen LogP contribution is 2.13. The van der Waals surface area contributed by atoms with Crippen molar-refractivity contribution in [3.63, 3.8) is 0 Å². The molecule has 0 spiro atoms. The van der Waals surface area contributed by atoms with Crippen LogP contribution in [0, 0.1) is 6.92 Å². The van der Waals surface area contributed by atoms with Crippen LogP contribution in [-0.4, -0.2) is 35.7 Å². The number of aryl methyl sites for hydroxylation is 1. The summed E-state index contributed by atoms with van der Waals surface area (Å²) < 4.78 is 26.4. The van der Waals surface area contributed by atoms with E-state index in [0.29, 0.717) is 6.54 Å². The highest BCUT2D eigenvalue weighted by molar-refractivity contribution is 7.91. The lowest BCUT2D eigenvalue weighted by atomic mass is 10.2. The Balaban J connectivity index is 1.88. The van der Waals surface area contributed by atoms with E-state index in [4.69, 9.17) is 0 Å². The van der Waals surface area contributed by atoms with Gasteiger partial charge in [-0.05, 0) is 25.5 Å². The van der Waals surface area contributed by atoms with Gasteiger partial charge in [-0.3, -0.25) is 4.79 Å². The van der Waals surface area contributed by atoms with Gasteiger partial charge in [-0.25, -0.2) is 13.4 Å². The summed E-state index contributed by atoms with van der Waals surface area (Å²) in [7, 11) is -3.44. The van der Waals surface area contributed by atoms with E-state index in [1.54, 1.807) is 36.8 Å². The molecule has 1 N–H and O–H groups in total. The van der Waals surface area contributed by atoms with E-state index >= 15 is 0 Å². The molecule has 2 rings (SSSR count). The quantitative estimate of drug-likeness (QED) is 0.790. The Morgan fingerprint density at radius 1 is 1.29 bits per heavy atom. The van der Waals surface area contributed by atoms with E-state index < -0.39 is 9.84 Å². The topological polar surface area (TPSA) is 81.1 Å². The maximum absolute atomic E-state index is 12.3. The molecule has 0 saturated heterocycles. The first-order valence-electron chi connectivity index (χ1n) is 7.95. The van der Waals surface area contributed by atoms with Gasteiger partial charge in [0.25, 0.3) is 0 Å². The van der Waals surface area contributed by atoms with Crippen LogP contribution in [0.25, 0.3) is 0 Å². The zero-order chi connectivity index (χ0) is 17.6. The Morgan fingerprint density at radius 2 is 2.00 bits per heavy atom. The largest absolute Gasteiger partial charge is 0.352 e. The Morgan fingerprint density at radius 3 is 2.58 bits per heavy atom. The number of carbonyl (C=O) groups excluding carboxylic acids is 1. The number of amides is 1. The van der Waals surface area contributed by atoms with Gasteiger partial charge in [0, 0.05) is 31.4 Å². The van der Waals surface area contributed by atoms with Crippen LogP contribution in [0.1, 0.15) is 25.3 Å². The molecule has 1 aromatic carbocycles. The van der Waals surface area contributed by atoms with E-state index in [2.05, 4.69) is 10.3 Å². The molecule has 2 aromatic rings. The van der Waals surface area contributed by atoms with Crippen LogP contribution in [0.15, 0.2) is 47.9 Å². The average Bonchev–Trinajstić information content (AvgIpc) is 3.06. The molecule has 0 radical (unpaired) electrons. The van der Waals surface area contributed by atoms with Crippen LogP contribution in [0.5, 0.6) is 0 Å². The van der Waals surface area contributed by atoms with E-state index in [1.807, 2.05) is 24.6 Å². The summed E-state index contributed by atoms with van der Waals surface area (Å²) in [6.45, 7) is 4.49. The first-order chi connectivity index (χ1) is 11.4. The number of aromatic nitrogens is 2. The van der Waals surface area contributed by atoms with Crippen LogP contribution in [0.4, 0.5) is 0 Å². The fourth-order valence-electron chi connectivity index (χ4n) is 2.32. The molecular formula is C17H23N3O3S. The summed E-state index contributed by atoms with van der Waals surface area (Å²) in [5.74, 6) is -0.443. The van der Waals surface area contributed by atoms with Gasteiger partial charge in [-0.1, -0.05) is 24.6 Å². The van der Waals surface area contributed by atoms with Gasteiger partial charge in [0.1, 0.15) is 0 Å². The number of imidazole rings is 1. The van der Waals surface area contributed by atoms with Gasteiger partial charge < -0.3 is 9.88 Å². The zero-order valence-corrected chi connectivity index (χ0v) is 14.8. The van der Waals surface area contributed by atoms with Crippen LogP contribution < -0.4 is 5.32 Å². The number of nitrogens with one attached hydrogen (secondary N) is 1. The second kappa shape index (κ2) is 8.10. The van der Waals surface area contributed by atoms with Gasteiger partial charge in [-0.15, -0.1) is 0 Å². The number of rotatable bonds is 8. The fraction of sp³-hybridized carbons (Fsp3) is 0.412. The van der Waals surface area contributed by atoms with Crippen LogP contribution in [0.2, 0.25) is 0 Å². The molecular weight excluding hydrogens is 326 g/mol. The van der Waals surface area contributed by atoms with E-state index in [9.17, 15) is 13.2 Å². The minimum Gasteiger partial charge on any atom is -0.352 e. The number of hydrogen-bond acceptors (Lipinski definition) is 4. The van der Waals surface area contributed by atoms with E-state index in [0.717, 1.165) is 12.0 Å². The molecule has 6 nitrogen and oxygen atoms in total. The highest BCUT2D eigenvalue weighted by Gasteiger charge is 2.18. The molecule has 0 saturated carbocycles. The molecule has 1 heterocycles. The van der Waals surface area contributed by atoms with Crippen molar-refractivity contribution in [2.75, 3.05) is 5.75 Å². The maximum atomic E-state index is 12.3. The van der Waals surface area contributed by atoms with Crippen molar-refractivity contribution in [1.82, 2.24) is 14.9 Å². The van der Waals surface area contributed by atoms with Crippen LogP contribution >= 0.6 is 0 Å². The van der Waals surface area contributed by atoms with Gasteiger partial charge in [-0.2, -0.15) is 0 Å². The molecule has 7 heteroatoms. The van der Waals surface area contributed by atoms with Gasteiger partial charge in [0.05, 0.1) is 17.0 Å². The summed E-state index contributed by atoms with van der Waals surface area (Å²) in [5.41, 5.74) is 0.997. The van der Waals surface area contributed by atoms with Crippen molar-refractivity contribution in [2.24, 2.45) is 0 Å². The number of benzene rings is 1. The Labute approximate surface area is 142 Å². The van der Waals surface area contributed by atoms with Crippen LogP contribution in [0.3, 0.4) is 0 Å². The fourth-order valence-corrected chi connectivity index (χ4v) is 3.56. The molecule has 1 aromatic heterocycles. The smallest absolute Gasteiger partial charge is 0.221 e. The standard InChI is InChI=1S/C17H23N3O3S/c1-3-15(12-20-10-9-18-13-20)19-17(21)8-11-24(22,23)16-6-4-14(2)5-7-16/h4-7,9-10,13,15H,3,8,11-12H2,1-2H3,(H,19,21)/t15-/m1/s1. The molecule has 130 valence electrons. The summed E-state index contributed by atoms with van der Waals surface area (Å²) in [6, 6.07) is 6.62. The minimum absolute atomic E-state index is 0.0450. The number of nitrogens with zero attached hydrogens (tertiary/aromatic N) is 2. The van der Waals surface area contributed by atoms with Gasteiger partial charge in [0.2, 0.25) is 5.91 Å². The van der Waals surface area contributed by atoms with E-state index in [1.165, 1.54) is 0 Å². The Hall–Kier alpha value is -2.15. The third kappa shape index (κ3) is 5.19. The molecule has 1 amide bonds. The van der Waals surface area contributed by atoms with Crippen molar-refractivity contribution in [3.05, 3.63) is 48.5 Å². The Bertz CT molecular complexity index is 753. The molecule has 0 fully saturated rings. The normalized spacial score (nSPS) is 12.8. The third-order valence-electron chi connectivity index (χ3n) is 3.83. The zero-order valence-electron chi connectivity index (χ0n) is 14.0. The predicted molar refractivity (Wildman–Crippen MR) is 92.3 cm³/mol. The van der Waals surface area contributed by atoms with Crippen molar-refractivity contribution in [2.45, 2.75) is 44.2 Å². The molecule has 0 unspecified atom stereocenters. The van der Waals surface area contributed by atoms with Gasteiger partial charge >= 0.3 is 0 Å². The lowest BCUT2D eigenvalue weighted by molar-refractivity contribution is -0.121. The summed E-state index contributed by atoms with van der Waals surface area (Å²) in [5, 5.41) is 2.89.